The molecule has 0 unspecified atom stereocenters. The number of aromatic nitrogens is 1. The molecule has 9 heteroatoms. The lowest BCUT2D eigenvalue weighted by molar-refractivity contribution is -0.385. The maximum Gasteiger partial charge on any atom is 0.338 e. The Hall–Kier alpha value is -3.33. The third-order valence-electron chi connectivity index (χ3n) is 3.87. The molecule has 0 aliphatic rings. The summed E-state index contributed by atoms with van der Waals surface area (Å²) in [6, 6.07) is 9.26. The Morgan fingerprint density at radius 3 is 2.78 bits per heavy atom. The van der Waals surface area contributed by atoms with Crippen molar-refractivity contribution in [2.24, 2.45) is 0 Å². The molecule has 1 aromatic heterocycles. The Morgan fingerprint density at radius 1 is 1.30 bits per heavy atom. The van der Waals surface area contributed by atoms with E-state index in [1.54, 1.807) is 25.1 Å². The first-order valence-electron chi connectivity index (χ1n) is 8.03. The highest BCUT2D eigenvalue weighted by Crippen LogP contribution is 2.28. The van der Waals surface area contributed by atoms with Crippen LogP contribution in [0.15, 0.2) is 36.4 Å². The quantitative estimate of drug-likeness (QED) is 0.404. The maximum absolute atomic E-state index is 12.5. The highest BCUT2D eigenvalue weighted by atomic mass is 32.1. The van der Waals surface area contributed by atoms with Gasteiger partial charge in [-0.2, -0.15) is 0 Å². The van der Waals surface area contributed by atoms with Gasteiger partial charge in [-0.25, -0.2) is 9.78 Å². The number of carbonyl (C=O) groups excluding carboxylic acids is 2. The van der Waals surface area contributed by atoms with Gasteiger partial charge in [-0.15, -0.1) is 0 Å². The number of nitro groups is 1. The third-order valence-corrected chi connectivity index (χ3v) is 4.80. The third kappa shape index (κ3) is 3.77. The van der Waals surface area contributed by atoms with Crippen LogP contribution in [0.5, 0.6) is 0 Å². The molecule has 3 aromatic rings. The van der Waals surface area contributed by atoms with Gasteiger partial charge in [-0.3, -0.25) is 20.2 Å². The van der Waals surface area contributed by atoms with Crippen LogP contribution >= 0.6 is 11.3 Å². The monoisotopic (exact) mass is 385 g/mol. The number of anilines is 1. The van der Waals surface area contributed by atoms with Crippen molar-refractivity contribution in [2.45, 2.75) is 13.8 Å². The fourth-order valence-electron chi connectivity index (χ4n) is 2.55. The van der Waals surface area contributed by atoms with Gasteiger partial charge in [-0.1, -0.05) is 17.4 Å². The van der Waals surface area contributed by atoms with Crippen molar-refractivity contribution in [2.75, 3.05) is 11.9 Å². The van der Waals surface area contributed by atoms with Crippen molar-refractivity contribution in [3.05, 3.63) is 63.2 Å². The molecule has 0 atom stereocenters. The number of thiazole rings is 1. The van der Waals surface area contributed by atoms with Gasteiger partial charge < -0.3 is 4.74 Å². The first-order valence-corrected chi connectivity index (χ1v) is 8.85. The zero-order valence-electron chi connectivity index (χ0n) is 14.5. The number of nitrogens with zero attached hydrogens (tertiary/aromatic N) is 2. The van der Waals surface area contributed by atoms with Gasteiger partial charge >= 0.3 is 5.97 Å². The van der Waals surface area contributed by atoms with Crippen molar-refractivity contribution in [1.29, 1.82) is 0 Å². The van der Waals surface area contributed by atoms with Crippen molar-refractivity contribution < 1.29 is 19.2 Å². The highest BCUT2D eigenvalue weighted by molar-refractivity contribution is 7.22. The minimum Gasteiger partial charge on any atom is -0.462 e. The van der Waals surface area contributed by atoms with E-state index < -0.39 is 16.8 Å². The van der Waals surface area contributed by atoms with Crippen LogP contribution in [0.1, 0.15) is 33.2 Å². The minimum absolute atomic E-state index is 0.119. The molecule has 27 heavy (non-hydrogen) atoms. The molecule has 1 amide bonds. The Labute approximate surface area is 157 Å². The Balaban J connectivity index is 1.86. The molecule has 0 spiro atoms. The molecular weight excluding hydrogens is 370 g/mol. The van der Waals surface area contributed by atoms with Crippen molar-refractivity contribution in [3.63, 3.8) is 0 Å². The van der Waals surface area contributed by atoms with E-state index in [-0.39, 0.29) is 23.4 Å². The van der Waals surface area contributed by atoms with E-state index in [4.69, 9.17) is 4.74 Å². The number of carbonyl (C=O) groups is 2. The SMILES string of the molecule is CCOC(=O)c1ccc2nc(NC(=O)c3cccc([N+](=O)[O-])c3C)sc2c1. The van der Waals surface area contributed by atoms with E-state index >= 15 is 0 Å². The summed E-state index contributed by atoms with van der Waals surface area (Å²) >= 11 is 1.20. The average molecular weight is 385 g/mol. The van der Waals surface area contributed by atoms with E-state index in [1.165, 1.54) is 36.5 Å². The number of amides is 1. The number of ether oxygens (including phenoxy) is 1. The second-order valence-corrected chi connectivity index (χ2v) is 6.61. The molecule has 0 radical (unpaired) electrons. The number of nitrogens with one attached hydrogen (secondary N) is 1. The van der Waals surface area contributed by atoms with E-state index in [0.717, 1.165) is 0 Å². The summed E-state index contributed by atoms with van der Waals surface area (Å²) in [5.74, 6) is -0.911. The van der Waals surface area contributed by atoms with Crippen LogP contribution in [0, 0.1) is 17.0 Å². The Bertz CT molecular complexity index is 1060. The molecule has 1 heterocycles. The molecule has 0 aliphatic heterocycles. The van der Waals surface area contributed by atoms with Gasteiger partial charge in [0.15, 0.2) is 5.13 Å². The fraction of sp³-hybridized carbons (Fsp3) is 0.167. The van der Waals surface area contributed by atoms with Crippen LogP contribution in [-0.2, 0) is 4.74 Å². The molecule has 0 bridgehead atoms. The normalized spacial score (nSPS) is 10.6. The van der Waals surface area contributed by atoms with Gasteiger partial charge in [0.2, 0.25) is 0 Å². The number of esters is 1. The standard InChI is InChI=1S/C18H15N3O5S/c1-3-26-17(23)11-7-8-13-15(9-11)27-18(19-13)20-16(22)12-5-4-6-14(10(12)2)21(24)25/h4-9H,3H2,1-2H3,(H,19,20,22). The lowest BCUT2D eigenvalue weighted by Gasteiger charge is -2.05. The molecule has 3 rings (SSSR count). The summed E-state index contributed by atoms with van der Waals surface area (Å²) in [7, 11) is 0. The number of rotatable bonds is 5. The number of benzene rings is 2. The van der Waals surface area contributed by atoms with Crippen molar-refractivity contribution >= 4 is 44.2 Å². The first kappa shape index (κ1) is 18.5. The molecule has 0 saturated heterocycles. The number of hydrogen-bond donors (Lipinski definition) is 1. The molecule has 1 N–H and O–H groups in total. The van der Waals surface area contributed by atoms with E-state index in [0.29, 0.717) is 20.9 Å². The van der Waals surface area contributed by atoms with Gasteiger partial charge in [0.1, 0.15) is 0 Å². The molecule has 0 fully saturated rings. The van der Waals surface area contributed by atoms with E-state index in [2.05, 4.69) is 10.3 Å². The summed E-state index contributed by atoms with van der Waals surface area (Å²) in [5.41, 5.74) is 1.40. The number of nitro benzene ring substituents is 1. The highest BCUT2D eigenvalue weighted by Gasteiger charge is 2.19. The zero-order chi connectivity index (χ0) is 19.6. The van der Waals surface area contributed by atoms with Gasteiger partial charge in [-0.05, 0) is 38.1 Å². The predicted molar refractivity (Wildman–Crippen MR) is 101 cm³/mol. The van der Waals surface area contributed by atoms with Crippen LogP contribution in [0.2, 0.25) is 0 Å². The van der Waals surface area contributed by atoms with Crippen LogP contribution in [0.3, 0.4) is 0 Å². The molecule has 138 valence electrons. The summed E-state index contributed by atoms with van der Waals surface area (Å²) in [6.07, 6.45) is 0. The first-order chi connectivity index (χ1) is 12.9. The second kappa shape index (κ2) is 7.50. The molecule has 2 aromatic carbocycles. The van der Waals surface area contributed by atoms with Crippen molar-refractivity contribution in [1.82, 2.24) is 4.98 Å². The summed E-state index contributed by atoms with van der Waals surface area (Å²) in [6.45, 7) is 3.53. The summed E-state index contributed by atoms with van der Waals surface area (Å²) in [5, 5.41) is 14.0. The minimum atomic E-state index is -0.527. The van der Waals surface area contributed by atoms with E-state index in [9.17, 15) is 19.7 Å². The topological polar surface area (TPSA) is 111 Å². The van der Waals surface area contributed by atoms with Gasteiger partial charge in [0.25, 0.3) is 11.6 Å². The zero-order valence-corrected chi connectivity index (χ0v) is 15.3. The van der Waals surface area contributed by atoms with Crippen LogP contribution < -0.4 is 5.32 Å². The van der Waals surface area contributed by atoms with Crippen molar-refractivity contribution in [3.8, 4) is 0 Å². The fourth-order valence-corrected chi connectivity index (χ4v) is 3.45. The lowest BCUT2D eigenvalue weighted by atomic mass is 10.1. The predicted octanol–water partition coefficient (Wildman–Crippen LogP) is 3.94. The smallest absolute Gasteiger partial charge is 0.338 e. The number of fused-ring (bicyclic) bond motifs is 1. The average Bonchev–Trinajstić information content (AvgIpc) is 3.02. The summed E-state index contributed by atoms with van der Waals surface area (Å²) < 4.78 is 5.68. The molecular formula is C18H15N3O5S. The Kier molecular flexibility index (Phi) is 5.13. The molecule has 8 nitrogen and oxygen atoms in total. The largest absolute Gasteiger partial charge is 0.462 e. The van der Waals surface area contributed by atoms with Gasteiger partial charge in [0.05, 0.1) is 27.3 Å². The Morgan fingerprint density at radius 2 is 2.07 bits per heavy atom. The van der Waals surface area contributed by atoms with Crippen LogP contribution in [0.25, 0.3) is 10.2 Å². The van der Waals surface area contributed by atoms with Gasteiger partial charge in [0, 0.05) is 17.2 Å². The van der Waals surface area contributed by atoms with Crippen LogP contribution in [-0.4, -0.2) is 28.4 Å². The van der Waals surface area contributed by atoms with Crippen LogP contribution in [0.4, 0.5) is 10.8 Å². The molecule has 0 saturated carbocycles. The number of hydrogen-bond acceptors (Lipinski definition) is 7. The summed E-state index contributed by atoms with van der Waals surface area (Å²) in [4.78, 5) is 39.1. The lowest BCUT2D eigenvalue weighted by Crippen LogP contribution is -2.13. The molecule has 0 aliphatic carbocycles. The second-order valence-electron chi connectivity index (χ2n) is 5.58. The maximum atomic E-state index is 12.5. The van der Waals surface area contributed by atoms with E-state index in [1.807, 2.05) is 0 Å².